The zero-order valence-electron chi connectivity index (χ0n) is 16.0. The molecule has 0 aliphatic rings. The number of carbonyl (C=O) groups excluding carboxylic acids is 2. The summed E-state index contributed by atoms with van der Waals surface area (Å²) in [6.07, 6.45) is 3.66. The molecule has 0 N–H and O–H groups in total. The fourth-order valence-electron chi connectivity index (χ4n) is 2.86. The summed E-state index contributed by atoms with van der Waals surface area (Å²) < 4.78 is 5.02. The number of benzene rings is 2. The lowest BCUT2D eigenvalue weighted by Crippen LogP contribution is -2.31. The number of carbonyl (C=O) groups is 2. The van der Waals surface area contributed by atoms with Crippen LogP contribution in [0.4, 0.5) is 5.69 Å². The van der Waals surface area contributed by atoms with E-state index in [9.17, 15) is 9.59 Å². The van der Waals surface area contributed by atoms with Crippen molar-refractivity contribution in [1.82, 2.24) is 4.98 Å². The maximum Gasteiger partial charge on any atom is 0.338 e. The number of hydrogen-bond donors (Lipinski definition) is 0. The van der Waals surface area contributed by atoms with Crippen molar-refractivity contribution in [3.63, 3.8) is 0 Å². The molecule has 0 fully saturated rings. The van der Waals surface area contributed by atoms with Gasteiger partial charge in [0.25, 0.3) is 0 Å². The van der Waals surface area contributed by atoms with Gasteiger partial charge >= 0.3 is 5.97 Å². The third kappa shape index (κ3) is 5.65. The number of ether oxygens (including phenoxy) is 1. The number of nitrogens with zero attached hydrogens (tertiary/aromatic N) is 2. The van der Waals surface area contributed by atoms with E-state index in [0.717, 1.165) is 11.1 Å². The second kappa shape index (κ2) is 9.85. The van der Waals surface area contributed by atoms with E-state index in [4.69, 9.17) is 16.3 Å². The molecule has 0 saturated heterocycles. The summed E-state index contributed by atoms with van der Waals surface area (Å²) in [6, 6.07) is 17.8. The molecular weight excluding hydrogens is 388 g/mol. The number of amides is 1. The Bertz CT molecular complexity index is 958. The van der Waals surface area contributed by atoms with Crippen LogP contribution in [-0.2, 0) is 22.5 Å². The molecule has 6 heteroatoms. The maximum atomic E-state index is 13.1. The first-order valence-corrected chi connectivity index (χ1v) is 9.65. The summed E-state index contributed by atoms with van der Waals surface area (Å²) in [4.78, 5) is 30.8. The van der Waals surface area contributed by atoms with Crippen LogP contribution in [-0.4, -0.2) is 23.5 Å². The summed E-state index contributed by atoms with van der Waals surface area (Å²) in [5.41, 5.74) is 2.92. The van der Waals surface area contributed by atoms with Crippen LogP contribution in [0.25, 0.3) is 0 Å². The molecule has 0 radical (unpaired) electrons. The normalized spacial score (nSPS) is 10.4. The molecule has 5 nitrogen and oxygen atoms in total. The Labute approximate surface area is 174 Å². The van der Waals surface area contributed by atoms with Gasteiger partial charge in [-0.3, -0.25) is 9.78 Å². The topological polar surface area (TPSA) is 59.5 Å². The Hall–Kier alpha value is -3.18. The molecular formula is C23H21ClN2O3. The Morgan fingerprint density at radius 1 is 1.00 bits per heavy atom. The third-order valence-electron chi connectivity index (χ3n) is 4.32. The first-order chi connectivity index (χ1) is 14.1. The van der Waals surface area contributed by atoms with Gasteiger partial charge in [-0.15, -0.1) is 0 Å². The van der Waals surface area contributed by atoms with Crippen molar-refractivity contribution in [2.75, 3.05) is 11.5 Å². The third-order valence-corrected chi connectivity index (χ3v) is 4.58. The van der Waals surface area contributed by atoms with E-state index >= 15 is 0 Å². The number of esters is 1. The van der Waals surface area contributed by atoms with E-state index in [-0.39, 0.29) is 18.3 Å². The minimum Gasteiger partial charge on any atom is -0.462 e. The predicted molar refractivity (Wildman–Crippen MR) is 113 cm³/mol. The standard InChI is InChI=1S/C23H21ClN2O3/c1-2-29-23(28)19-7-11-21(12-8-19)26(16-18-4-3-13-25-15-18)22(27)14-17-5-9-20(24)10-6-17/h3-13,15H,2,14,16H2,1H3. The highest BCUT2D eigenvalue weighted by Gasteiger charge is 2.18. The average Bonchev–Trinajstić information content (AvgIpc) is 2.74. The van der Waals surface area contributed by atoms with Crippen LogP contribution >= 0.6 is 11.6 Å². The second-order valence-corrected chi connectivity index (χ2v) is 6.85. The van der Waals surface area contributed by atoms with Gasteiger partial charge in [0.15, 0.2) is 0 Å². The monoisotopic (exact) mass is 408 g/mol. The zero-order chi connectivity index (χ0) is 20.6. The molecule has 0 saturated carbocycles. The number of pyridine rings is 1. The van der Waals surface area contributed by atoms with Crippen molar-refractivity contribution < 1.29 is 14.3 Å². The van der Waals surface area contributed by atoms with Gasteiger partial charge in [-0.1, -0.05) is 29.8 Å². The first kappa shape index (κ1) is 20.6. The summed E-state index contributed by atoms with van der Waals surface area (Å²) in [5.74, 6) is -0.453. The molecule has 0 aliphatic heterocycles. The lowest BCUT2D eigenvalue weighted by molar-refractivity contribution is -0.118. The van der Waals surface area contributed by atoms with Gasteiger partial charge in [0.2, 0.25) is 5.91 Å². The fraction of sp³-hybridized carbons (Fsp3) is 0.174. The molecule has 29 heavy (non-hydrogen) atoms. The minimum atomic E-state index is -0.384. The lowest BCUT2D eigenvalue weighted by Gasteiger charge is -2.23. The van der Waals surface area contributed by atoms with Crippen LogP contribution in [0.1, 0.15) is 28.4 Å². The fourth-order valence-corrected chi connectivity index (χ4v) is 2.99. The van der Waals surface area contributed by atoms with Gasteiger partial charge in [-0.05, 0) is 60.5 Å². The molecule has 148 valence electrons. The van der Waals surface area contributed by atoms with E-state index in [2.05, 4.69) is 4.98 Å². The summed E-state index contributed by atoms with van der Waals surface area (Å²) in [7, 11) is 0. The molecule has 1 amide bonds. The Morgan fingerprint density at radius 2 is 1.72 bits per heavy atom. The number of halogens is 1. The molecule has 1 aromatic heterocycles. The lowest BCUT2D eigenvalue weighted by atomic mass is 10.1. The molecule has 1 heterocycles. The number of aromatic nitrogens is 1. The van der Waals surface area contributed by atoms with Crippen LogP contribution in [0, 0.1) is 0 Å². The first-order valence-electron chi connectivity index (χ1n) is 9.27. The van der Waals surface area contributed by atoms with Crippen molar-refractivity contribution in [2.24, 2.45) is 0 Å². The van der Waals surface area contributed by atoms with Crippen molar-refractivity contribution >= 4 is 29.2 Å². The maximum absolute atomic E-state index is 13.1. The van der Waals surface area contributed by atoms with Gasteiger partial charge in [0.05, 0.1) is 25.1 Å². The highest BCUT2D eigenvalue weighted by molar-refractivity contribution is 6.30. The van der Waals surface area contributed by atoms with Crippen molar-refractivity contribution in [2.45, 2.75) is 19.9 Å². The summed E-state index contributed by atoms with van der Waals surface area (Å²) in [5, 5.41) is 0.628. The Balaban J connectivity index is 1.85. The highest BCUT2D eigenvalue weighted by Crippen LogP contribution is 2.21. The molecule has 2 aromatic carbocycles. The van der Waals surface area contributed by atoms with Crippen LogP contribution in [0.15, 0.2) is 73.1 Å². The smallest absolute Gasteiger partial charge is 0.338 e. The quantitative estimate of drug-likeness (QED) is 0.532. The van der Waals surface area contributed by atoms with E-state index in [1.54, 1.807) is 60.6 Å². The second-order valence-electron chi connectivity index (χ2n) is 6.41. The minimum absolute atomic E-state index is 0.0694. The molecule has 0 aliphatic carbocycles. The molecule has 3 rings (SSSR count). The number of hydrogen-bond acceptors (Lipinski definition) is 4. The van der Waals surface area contributed by atoms with E-state index in [1.807, 2.05) is 24.3 Å². The van der Waals surface area contributed by atoms with Gasteiger partial charge in [-0.2, -0.15) is 0 Å². The summed E-state index contributed by atoms with van der Waals surface area (Å²) in [6.45, 7) is 2.45. The Kier molecular flexibility index (Phi) is 6.98. The highest BCUT2D eigenvalue weighted by atomic mass is 35.5. The molecule has 0 unspecified atom stereocenters. The van der Waals surface area contributed by atoms with Crippen LogP contribution < -0.4 is 4.90 Å². The number of rotatable bonds is 7. The van der Waals surface area contributed by atoms with Gasteiger partial charge in [-0.25, -0.2) is 4.79 Å². The van der Waals surface area contributed by atoms with Gasteiger partial charge in [0.1, 0.15) is 0 Å². The van der Waals surface area contributed by atoms with Crippen LogP contribution in [0.3, 0.4) is 0 Å². The summed E-state index contributed by atoms with van der Waals surface area (Å²) >= 11 is 5.94. The molecule has 0 spiro atoms. The van der Waals surface area contributed by atoms with E-state index in [1.165, 1.54) is 0 Å². The van der Waals surface area contributed by atoms with Crippen molar-refractivity contribution in [3.05, 3.63) is 94.8 Å². The van der Waals surface area contributed by atoms with Crippen molar-refractivity contribution in [3.8, 4) is 0 Å². The average molecular weight is 409 g/mol. The largest absolute Gasteiger partial charge is 0.462 e. The van der Waals surface area contributed by atoms with Gasteiger partial charge < -0.3 is 9.64 Å². The van der Waals surface area contributed by atoms with Crippen LogP contribution in [0.5, 0.6) is 0 Å². The molecule has 3 aromatic rings. The number of anilines is 1. The predicted octanol–water partition coefficient (Wildman–Crippen LogP) is 4.69. The zero-order valence-corrected chi connectivity index (χ0v) is 16.8. The SMILES string of the molecule is CCOC(=O)c1ccc(N(Cc2cccnc2)C(=O)Cc2ccc(Cl)cc2)cc1. The molecule has 0 atom stereocenters. The Morgan fingerprint density at radius 3 is 2.34 bits per heavy atom. The van der Waals surface area contributed by atoms with Crippen LogP contribution in [0.2, 0.25) is 5.02 Å². The van der Waals surface area contributed by atoms with Gasteiger partial charge in [0, 0.05) is 23.1 Å². The van der Waals surface area contributed by atoms with Crippen molar-refractivity contribution in [1.29, 1.82) is 0 Å². The van der Waals surface area contributed by atoms with E-state index < -0.39 is 0 Å². The van der Waals surface area contributed by atoms with E-state index in [0.29, 0.717) is 29.4 Å². The molecule has 0 bridgehead atoms.